The van der Waals surface area contributed by atoms with Crippen molar-refractivity contribution in [2.75, 3.05) is 31.7 Å². The highest BCUT2D eigenvalue weighted by atomic mass is 32.2. The van der Waals surface area contributed by atoms with E-state index in [-0.39, 0.29) is 36.9 Å². The van der Waals surface area contributed by atoms with Gasteiger partial charge in [-0.15, -0.1) is 0 Å². The molecule has 1 saturated carbocycles. The Hall–Kier alpha value is -3.00. The number of carbonyl (C=O) groups excluding carboxylic acids is 2. The SMILES string of the molecule is CSCCN(CC(=O)O)C(=O)[C@H]1CC[C@@H](NC(=O)OCC2c3ccccc3-c3ccccc32)C1. The Morgan fingerprint density at radius 2 is 1.71 bits per heavy atom. The van der Waals surface area contributed by atoms with E-state index in [1.165, 1.54) is 16.0 Å². The van der Waals surface area contributed by atoms with E-state index in [4.69, 9.17) is 9.84 Å². The van der Waals surface area contributed by atoms with Crippen LogP contribution in [0.2, 0.25) is 0 Å². The van der Waals surface area contributed by atoms with Gasteiger partial charge in [0.2, 0.25) is 5.91 Å². The summed E-state index contributed by atoms with van der Waals surface area (Å²) in [5.41, 5.74) is 4.67. The number of carboxylic acids is 1. The number of amides is 2. The maximum Gasteiger partial charge on any atom is 0.407 e. The van der Waals surface area contributed by atoms with Gasteiger partial charge in [0.25, 0.3) is 0 Å². The number of benzene rings is 2. The summed E-state index contributed by atoms with van der Waals surface area (Å²) in [7, 11) is 0. The number of hydrogen-bond donors (Lipinski definition) is 2. The molecule has 2 atom stereocenters. The molecule has 180 valence electrons. The zero-order chi connectivity index (χ0) is 24.1. The number of nitrogens with zero attached hydrogens (tertiary/aromatic N) is 1. The lowest BCUT2D eigenvalue weighted by Gasteiger charge is -2.24. The van der Waals surface area contributed by atoms with Crippen LogP contribution < -0.4 is 5.32 Å². The van der Waals surface area contributed by atoms with Crippen molar-refractivity contribution in [1.29, 1.82) is 0 Å². The Bertz CT molecular complexity index is 1010. The normalized spacial score (nSPS) is 18.7. The van der Waals surface area contributed by atoms with Gasteiger partial charge in [-0.2, -0.15) is 11.8 Å². The molecule has 0 heterocycles. The number of thioether (sulfide) groups is 1. The molecular weight excluding hydrogens is 452 g/mol. The number of carbonyl (C=O) groups is 3. The number of carboxylic acid groups (broad SMARTS) is 1. The summed E-state index contributed by atoms with van der Waals surface area (Å²) in [6.07, 6.45) is 3.24. The van der Waals surface area contributed by atoms with E-state index < -0.39 is 12.1 Å². The zero-order valence-corrected chi connectivity index (χ0v) is 20.1. The number of ether oxygens (including phenoxy) is 1. The summed E-state index contributed by atoms with van der Waals surface area (Å²) in [4.78, 5) is 38.0. The Balaban J connectivity index is 1.31. The van der Waals surface area contributed by atoms with Crippen molar-refractivity contribution in [1.82, 2.24) is 10.2 Å². The molecule has 0 spiro atoms. The molecule has 7 nitrogen and oxygen atoms in total. The lowest BCUT2D eigenvalue weighted by molar-refractivity contribution is -0.146. The second kappa shape index (κ2) is 11.0. The Labute approximate surface area is 203 Å². The van der Waals surface area contributed by atoms with Gasteiger partial charge < -0.3 is 20.1 Å². The lowest BCUT2D eigenvalue weighted by Crippen LogP contribution is -2.41. The predicted octanol–water partition coefficient (Wildman–Crippen LogP) is 3.97. The van der Waals surface area contributed by atoms with Crippen molar-refractivity contribution in [3.05, 3.63) is 59.7 Å². The first-order valence-electron chi connectivity index (χ1n) is 11.6. The van der Waals surface area contributed by atoms with Crippen molar-refractivity contribution >= 4 is 29.7 Å². The third-order valence-electron chi connectivity index (χ3n) is 6.65. The van der Waals surface area contributed by atoms with E-state index in [9.17, 15) is 14.4 Å². The van der Waals surface area contributed by atoms with Crippen LogP contribution in [0.5, 0.6) is 0 Å². The zero-order valence-electron chi connectivity index (χ0n) is 19.2. The largest absolute Gasteiger partial charge is 0.480 e. The maximum absolute atomic E-state index is 12.9. The van der Waals surface area contributed by atoms with Crippen LogP contribution >= 0.6 is 11.8 Å². The molecular formula is C26H30N2O5S. The number of nitrogens with one attached hydrogen (secondary N) is 1. The Morgan fingerprint density at radius 3 is 2.32 bits per heavy atom. The van der Waals surface area contributed by atoms with Crippen LogP contribution in [-0.2, 0) is 14.3 Å². The average molecular weight is 483 g/mol. The second-order valence-electron chi connectivity index (χ2n) is 8.82. The van der Waals surface area contributed by atoms with E-state index in [2.05, 4.69) is 29.6 Å². The molecule has 34 heavy (non-hydrogen) atoms. The highest BCUT2D eigenvalue weighted by molar-refractivity contribution is 7.98. The molecule has 2 aliphatic carbocycles. The minimum absolute atomic E-state index is 0.00272. The molecule has 0 radical (unpaired) electrons. The van der Waals surface area contributed by atoms with Crippen LogP contribution in [0.25, 0.3) is 11.1 Å². The fourth-order valence-electron chi connectivity index (χ4n) is 5.03. The fraction of sp³-hybridized carbons (Fsp3) is 0.423. The van der Waals surface area contributed by atoms with Crippen molar-refractivity contribution in [2.24, 2.45) is 5.92 Å². The molecule has 2 aromatic rings. The summed E-state index contributed by atoms with van der Waals surface area (Å²) in [5.74, 6) is -0.751. The third-order valence-corrected chi connectivity index (χ3v) is 7.24. The van der Waals surface area contributed by atoms with E-state index in [0.29, 0.717) is 31.6 Å². The monoisotopic (exact) mass is 482 g/mol. The molecule has 4 rings (SSSR count). The highest BCUT2D eigenvalue weighted by Crippen LogP contribution is 2.44. The van der Waals surface area contributed by atoms with Gasteiger partial charge in [0, 0.05) is 30.2 Å². The maximum atomic E-state index is 12.9. The first kappa shape index (κ1) is 24.1. The molecule has 0 saturated heterocycles. The molecule has 2 amide bonds. The van der Waals surface area contributed by atoms with Crippen molar-refractivity contribution in [3.8, 4) is 11.1 Å². The topological polar surface area (TPSA) is 95.9 Å². The molecule has 2 N–H and O–H groups in total. The molecule has 0 unspecified atom stereocenters. The van der Waals surface area contributed by atoms with Crippen molar-refractivity contribution in [3.63, 3.8) is 0 Å². The van der Waals surface area contributed by atoms with Crippen molar-refractivity contribution < 1.29 is 24.2 Å². The van der Waals surface area contributed by atoms with E-state index in [0.717, 1.165) is 11.1 Å². The summed E-state index contributed by atoms with van der Waals surface area (Å²) in [5, 5.41) is 12.0. The van der Waals surface area contributed by atoms with Crippen LogP contribution in [0.15, 0.2) is 48.5 Å². The smallest absolute Gasteiger partial charge is 0.407 e. The number of fused-ring (bicyclic) bond motifs is 3. The molecule has 0 aliphatic heterocycles. The Morgan fingerprint density at radius 1 is 1.06 bits per heavy atom. The first-order chi connectivity index (χ1) is 16.5. The number of hydrogen-bond acceptors (Lipinski definition) is 5. The van der Waals surface area contributed by atoms with Crippen LogP contribution in [-0.4, -0.2) is 65.7 Å². The lowest BCUT2D eigenvalue weighted by atomic mass is 9.98. The van der Waals surface area contributed by atoms with Gasteiger partial charge in [-0.05, 0) is 47.8 Å². The predicted molar refractivity (Wildman–Crippen MR) is 132 cm³/mol. The molecule has 1 fully saturated rings. The quantitative estimate of drug-likeness (QED) is 0.562. The van der Waals surface area contributed by atoms with Gasteiger partial charge in [0.05, 0.1) is 0 Å². The second-order valence-corrected chi connectivity index (χ2v) is 9.81. The molecule has 0 bridgehead atoms. The van der Waals surface area contributed by atoms with Crippen LogP contribution in [0.4, 0.5) is 4.79 Å². The summed E-state index contributed by atoms with van der Waals surface area (Å²) >= 11 is 1.57. The minimum Gasteiger partial charge on any atom is -0.480 e. The highest BCUT2D eigenvalue weighted by Gasteiger charge is 2.34. The van der Waals surface area contributed by atoms with E-state index in [1.807, 2.05) is 30.5 Å². The fourth-order valence-corrected chi connectivity index (χ4v) is 5.44. The number of rotatable bonds is 9. The van der Waals surface area contributed by atoms with Gasteiger partial charge in [-0.1, -0.05) is 48.5 Å². The minimum atomic E-state index is -1.01. The number of alkyl carbamates (subject to hydrolysis) is 1. The Kier molecular flexibility index (Phi) is 7.77. The van der Waals surface area contributed by atoms with Crippen LogP contribution in [0.3, 0.4) is 0 Å². The first-order valence-corrected chi connectivity index (χ1v) is 13.0. The molecule has 2 aromatic carbocycles. The molecule has 2 aliphatic rings. The van der Waals surface area contributed by atoms with E-state index >= 15 is 0 Å². The van der Waals surface area contributed by atoms with Crippen LogP contribution in [0.1, 0.15) is 36.3 Å². The van der Waals surface area contributed by atoms with Gasteiger partial charge in [0.1, 0.15) is 13.2 Å². The van der Waals surface area contributed by atoms with Gasteiger partial charge >= 0.3 is 12.1 Å². The van der Waals surface area contributed by atoms with Crippen molar-refractivity contribution in [2.45, 2.75) is 31.2 Å². The molecule has 0 aromatic heterocycles. The summed E-state index contributed by atoms with van der Waals surface area (Å²) < 4.78 is 5.62. The summed E-state index contributed by atoms with van der Waals surface area (Å²) in [6, 6.07) is 16.2. The van der Waals surface area contributed by atoms with Gasteiger partial charge in [-0.3, -0.25) is 9.59 Å². The summed E-state index contributed by atoms with van der Waals surface area (Å²) in [6.45, 7) is 0.365. The average Bonchev–Trinajstić information content (AvgIpc) is 3.42. The van der Waals surface area contributed by atoms with Gasteiger partial charge in [0.15, 0.2) is 0 Å². The van der Waals surface area contributed by atoms with Gasteiger partial charge in [-0.25, -0.2) is 4.79 Å². The molecule has 8 heteroatoms. The number of aliphatic carboxylic acids is 1. The van der Waals surface area contributed by atoms with Crippen LogP contribution in [0, 0.1) is 5.92 Å². The third kappa shape index (κ3) is 5.38. The standard InChI is InChI=1S/C26H30N2O5S/c1-34-13-12-28(15-24(29)30)25(31)17-10-11-18(14-17)27-26(32)33-16-23-21-8-4-2-6-19(21)20-7-3-5-9-22(20)23/h2-9,17-18,23H,10-16H2,1H3,(H,27,32)(H,29,30)/t17-,18+/m0/s1. The van der Waals surface area contributed by atoms with E-state index in [1.54, 1.807) is 11.8 Å².